The molecule has 1 aromatic rings. The van der Waals surface area contributed by atoms with Gasteiger partial charge in [-0.1, -0.05) is 19.9 Å². The quantitative estimate of drug-likeness (QED) is 0.840. The minimum Gasteiger partial charge on any atom is -0.481 e. The van der Waals surface area contributed by atoms with Crippen LogP contribution in [0.5, 0.6) is 0 Å². The summed E-state index contributed by atoms with van der Waals surface area (Å²) in [6.45, 7) is 3.44. The Morgan fingerprint density at radius 1 is 1.27 bits per heavy atom. The van der Waals surface area contributed by atoms with E-state index >= 15 is 0 Å². The third-order valence-corrected chi connectivity index (χ3v) is 2.24. The van der Waals surface area contributed by atoms with Crippen molar-refractivity contribution in [1.82, 2.24) is 0 Å². The van der Waals surface area contributed by atoms with Crippen LogP contribution in [-0.2, 0) is 4.79 Å². The molecule has 0 saturated carbocycles. The van der Waals surface area contributed by atoms with Gasteiger partial charge in [-0.05, 0) is 23.6 Å². The van der Waals surface area contributed by atoms with E-state index < -0.39 is 23.5 Å². The van der Waals surface area contributed by atoms with Crippen LogP contribution >= 0.6 is 0 Å². The van der Waals surface area contributed by atoms with Crippen LogP contribution in [0.25, 0.3) is 0 Å². The van der Waals surface area contributed by atoms with Gasteiger partial charge in [0.1, 0.15) is 0 Å². The first kappa shape index (κ1) is 11.6. The number of hydrogen-bond donors (Lipinski definition) is 1. The number of rotatable bonds is 3. The topological polar surface area (TPSA) is 37.3 Å². The van der Waals surface area contributed by atoms with Crippen molar-refractivity contribution >= 4 is 5.97 Å². The molecule has 0 aliphatic carbocycles. The third-order valence-electron chi connectivity index (χ3n) is 2.24. The summed E-state index contributed by atoms with van der Waals surface area (Å²) < 4.78 is 25.5. The van der Waals surface area contributed by atoms with Gasteiger partial charge in [0.05, 0.1) is 5.92 Å². The molecule has 1 aromatic carbocycles. The number of carboxylic acid groups (broad SMARTS) is 1. The van der Waals surface area contributed by atoms with Gasteiger partial charge in [0.25, 0.3) is 0 Å². The molecule has 4 heteroatoms. The molecule has 0 fully saturated rings. The Balaban J connectivity index is 3.12. The van der Waals surface area contributed by atoms with Gasteiger partial charge < -0.3 is 5.11 Å². The van der Waals surface area contributed by atoms with E-state index in [0.29, 0.717) is 0 Å². The predicted molar refractivity (Wildman–Crippen MR) is 51.6 cm³/mol. The Bertz CT molecular complexity index is 375. The van der Waals surface area contributed by atoms with Gasteiger partial charge in [-0.3, -0.25) is 4.79 Å². The van der Waals surface area contributed by atoms with E-state index in [9.17, 15) is 13.6 Å². The highest BCUT2D eigenvalue weighted by Crippen LogP contribution is 2.25. The first-order valence-corrected chi connectivity index (χ1v) is 4.61. The first-order chi connectivity index (χ1) is 6.93. The molecule has 0 aliphatic rings. The lowest BCUT2D eigenvalue weighted by atomic mass is 9.88. The summed E-state index contributed by atoms with van der Waals surface area (Å²) in [6.07, 6.45) is 0. The Morgan fingerprint density at radius 3 is 2.27 bits per heavy atom. The van der Waals surface area contributed by atoms with Crippen LogP contribution in [0.3, 0.4) is 0 Å². The molecule has 1 rings (SSSR count). The molecule has 0 heterocycles. The van der Waals surface area contributed by atoms with E-state index in [2.05, 4.69) is 0 Å². The predicted octanol–water partition coefficient (Wildman–Crippen LogP) is 2.79. The minimum absolute atomic E-state index is 0.174. The molecule has 0 saturated heterocycles. The molecular formula is C11H12F2O2. The van der Waals surface area contributed by atoms with Gasteiger partial charge in [-0.2, -0.15) is 0 Å². The summed E-state index contributed by atoms with van der Waals surface area (Å²) in [7, 11) is 0. The van der Waals surface area contributed by atoms with Crippen LogP contribution in [0.4, 0.5) is 8.78 Å². The monoisotopic (exact) mass is 214 g/mol. The first-order valence-electron chi connectivity index (χ1n) is 4.61. The fraction of sp³-hybridized carbons (Fsp3) is 0.364. The maximum atomic E-state index is 12.9. The molecule has 1 atom stereocenters. The highest BCUT2D eigenvalue weighted by Gasteiger charge is 2.24. The molecule has 0 aliphatic heterocycles. The van der Waals surface area contributed by atoms with E-state index in [-0.39, 0.29) is 11.5 Å². The summed E-state index contributed by atoms with van der Waals surface area (Å²) in [5.74, 6) is -3.99. The Kier molecular flexibility index (Phi) is 3.39. The smallest absolute Gasteiger partial charge is 0.311 e. The van der Waals surface area contributed by atoms with Crippen LogP contribution in [0.1, 0.15) is 25.3 Å². The maximum absolute atomic E-state index is 12.9. The molecule has 15 heavy (non-hydrogen) atoms. The van der Waals surface area contributed by atoms with Gasteiger partial charge in [0, 0.05) is 0 Å². The van der Waals surface area contributed by atoms with Crippen molar-refractivity contribution in [3.8, 4) is 0 Å². The average molecular weight is 214 g/mol. The Hall–Kier alpha value is -1.45. The third kappa shape index (κ3) is 2.52. The van der Waals surface area contributed by atoms with E-state index in [0.717, 1.165) is 12.1 Å². The second-order valence-electron chi connectivity index (χ2n) is 3.73. The lowest BCUT2D eigenvalue weighted by Gasteiger charge is -2.16. The standard InChI is InChI=1S/C11H12F2O2/c1-6(2)10(11(14)15)7-3-4-8(12)9(13)5-7/h3-6,10H,1-2H3,(H,14,15)/t10-/m0/s1. The number of halogens is 2. The average Bonchev–Trinajstić information content (AvgIpc) is 2.10. The van der Waals surface area contributed by atoms with E-state index in [1.807, 2.05) is 0 Å². The van der Waals surface area contributed by atoms with E-state index in [4.69, 9.17) is 5.11 Å². The molecular weight excluding hydrogens is 202 g/mol. The largest absolute Gasteiger partial charge is 0.481 e. The minimum atomic E-state index is -1.03. The lowest BCUT2D eigenvalue weighted by molar-refractivity contribution is -0.139. The number of aliphatic carboxylic acids is 1. The fourth-order valence-electron chi connectivity index (χ4n) is 1.52. The number of benzene rings is 1. The second kappa shape index (κ2) is 4.38. The molecule has 2 nitrogen and oxygen atoms in total. The highest BCUT2D eigenvalue weighted by atomic mass is 19.2. The van der Waals surface area contributed by atoms with Crippen molar-refractivity contribution in [2.45, 2.75) is 19.8 Å². The Morgan fingerprint density at radius 2 is 1.87 bits per heavy atom. The number of carbonyl (C=O) groups is 1. The number of hydrogen-bond acceptors (Lipinski definition) is 1. The summed E-state index contributed by atoms with van der Waals surface area (Å²) in [6, 6.07) is 3.19. The van der Waals surface area contributed by atoms with Gasteiger partial charge in [0.15, 0.2) is 11.6 Å². The summed E-state index contributed by atoms with van der Waals surface area (Å²) in [4.78, 5) is 10.9. The van der Waals surface area contributed by atoms with E-state index in [1.54, 1.807) is 13.8 Å². The van der Waals surface area contributed by atoms with E-state index in [1.165, 1.54) is 6.07 Å². The summed E-state index contributed by atoms with van der Waals surface area (Å²) >= 11 is 0. The van der Waals surface area contributed by atoms with Crippen molar-refractivity contribution in [2.75, 3.05) is 0 Å². The van der Waals surface area contributed by atoms with Crippen molar-refractivity contribution < 1.29 is 18.7 Å². The zero-order chi connectivity index (χ0) is 11.6. The molecule has 0 radical (unpaired) electrons. The second-order valence-corrected chi connectivity index (χ2v) is 3.73. The highest BCUT2D eigenvalue weighted by molar-refractivity contribution is 5.76. The van der Waals surface area contributed by atoms with Gasteiger partial charge in [-0.25, -0.2) is 8.78 Å². The van der Waals surface area contributed by atoms with Crippen LogP contribution in [0, 0.1) is 17.6 Å². The van der Waals surface area contributed by atoms with Gasteiger partial charge >= 0.3 is 5.97 Å². The molecule has 0 aromatic heterocycles. The fourth-order valence-corrected chi connectivity index (χ4v) is 1.52. The molecule has 82 valence electrons. The molecule has 0 spiro atoms. The number of carboxylic acids is 1. The summed E-state index contributed by atoms with van der Waals surface area (Å²) in [5, 5.41) is 8.94. The van der Waals surface area contributed by atoms with Crippen LogP contribution < -0.4 is 0 Å². The van der Waals surface area contributed by atoms with Crippen molar-refractivity contribution in [1.29, 1.82) is 0 Å². The molecule has 0 bridgehead atoms. The molecule has 0 amide bonds. The van der Waals surface area contributed by atoms with Gasteiger partial charge in [-0.15, -0.1) is 0 Å². The van der Waals surface area contributed by atoms with Crippen molar-refractivity contribution in [3.63, 3.8) is 0 Å². The zero-order valence-electron chi connectivity index (χ0n) is 8.50. The molecule has 1 N–H and O–H groups in total. The summed E-state index contributed by atoms with van der Waals surface area (Å²) in [5.41, 5.74) is 0.288. The zero-order valence-corrected chi connectivity index (χ0v) is 8.50. The van der Waals surface area contributed by atoms with Crippen LogP contribution in [-0.4, -0.2) is 11.1 Å². The SMILES string of the molecule is CC(C)[C@H](C(=O)O)c1ccc(F)c(F)c1. The maximum Gasteiger partial charge on any atom is 0.311 e. The van der Waals surface area contributed by atoms with Crippen molar-refractivity contribution in [3.05, 3.63) is 35.4 Å². The Labute approximate surface area is 86.5 Å². The van der Waals surface area contributed by atoms with Crippen LogP contribution in [0.2, 0.25) is 0 Å². The van der Waals surface area contributed by atoms with Crippen LogP contribution in [0.15, 0.2) is 18.2 Å². The van der Waals surface area contributed by atoms with Crippen molar-refractivity contribution in [2.24, 2.45) is 5.92 Å². The molecule has 0 unspecified atom stereocenters. The van der Waals surface area contributed by atoms with Gasteiger partial charge in [0.2, 0.25) is 0 Å². The normalized spacial score (nSPS) is 12.9. The lowest BCUT2D eigenvalue weighted by Crippen LogP contribution is -2.17.